The van der Waals surface area contributed by atoms with Gasteiger partial charge in [0.05, 0.1) is 12.2 Å². The van der Waals surface area contributed by atoms with Crippen LogP contribution >= 0.6 is 0 Å². The lowest BCUT2D eigenvalue weighted by atomic mass is 10.1. The van der Waals surface area contributed by atoms with Crippen LogP contribution in [0.2, 0.25) is 0 Å². The normalized spacial score (nSPS) is 23.4. The molecule has 122 valence electrons. The van der Waals surface area contributed by atoms with Crippen LogP contribution in [0.15, 0.2) is 29.3 Å². The second-order valence-corrected chi connectivity index (χ2v) is 5.94. The van der Waals surface area contributed by atoms with Crippen molar-refractivity contribution in [2.24, 2.45) is 4.99 Å². The van der Waals surface area contributed by atoms with E-state index in [2.05, 4.69) is 58.6 Å². The van der Waals surface area contributed by atoms with Gasteiger partial charge in [-0.05, 0) is 25.0 Å². The SMILES string of the molecule is CN=C(NC)NCc1ccc(CN2CC(C)OC(C)C2)cc1. The Morgan fingerprint density at radius 2 is 1.77 bits per heavy atom. The van der Waals surface area contributed by atoms with E-state index < -0.39 is 0 Å². The Bertz CT molecular complexity index is 476. The smallest absolute Gasteiger partial charge is 0.190 e. The molecule has 0 radical (unpaired) electrons. The third-order valence-corrected chi connectivity index (χ3v) is 3.84. The molecule has 2 N–H and O–H groups in total. The maximum absolute atomic E-state index is 5.78. The van der Waals surface area contributed by atoms with Crippen LogP contribution in [0.4, 0.5) is 0 Å². The Morgan fingerprint density at radius 1 is 1.18 bits per heavy atom. The number of ether oxygens (including phenoxy) is 1. The number of aliphatic imine (C=N–C) groups is 1. The second kappa shape index (κ2) is 8.15. The van der Waals surface area contributed by atoms with Crippen molar-refractivity contribution in [3.8, 4) is 0 Å². The third-order valence-electron chi connectivity index (χ3n) is 3.84. The number of nitrogens with one attached hydrogen (secondary N) is 2. The van der Waals surface area contributed by atoms with E-state index >= 15 is 0 Å². The number of hydrogen-bond acceptors (Lipinski definition) is 3. The minimum absolute atomic E-state index is 0.320. The first kappa shape index (κ1) is 16.8. The average Bonchev–Trinajstić information content (AvgIpc) is 2.49. The second-order valence-electron chi connectivity index (χ2n) is 5.94. The summed E-state index contributed by atoms with van der Waals surface area (Å²) < 4.78 is 5.78. The maximum Gasteiger partial charge on any atom is 0.190 e. The van der Waals surface area contributed by atoms with E-state index in [4.69, 9.17) is 4.74 Å². The van der Waals surface area contributed by atoms with Crippen molar-refractivity contribution in [3.63, 3.8) is 0 Å². The zero-order valence-corrected chi connectivity index (χ0v) is 14.1. The topological polar surface area (TPSA) is 48.9 Å². The molecule has 1 heterocycles. The average molecular weight is 304 g/mol. The first-order valence-corrected chi connectivity index (χ1v) is 7.94. The molecule has 0 amide bonds. The van der Waals surface area contributed by atoms with Gasteiger partial charge in [-0.2, -0.15) is 0 Å². The van der Waals surface area contributed by atoms with Crippen molar-refractivity contribution in [3.05, 3.63) is 35.4 Å². The molecule has 1 saturated heterocycles. The zero-order valence-electron chi connectivity index (χ0n) is 14.1. The van der Waals surface area contributed by atoms with Gasteiger partial charge in [0, 0.05) is 40.3 Å². The van der Waals surface area contributed by atoms with Gasteiger partial charge in [0.25, 0.3) is 0 Å². The number of benzene rings is 1. The summed E-state index contributed by atoms with van der Waals surface area (Å²) in [6.45, 7) is 8.07. The summed E-state index contributed by atoms with van der Waals surface area (Å²) in [4.78, 5) is 6.57. The first-order chi connectivity index (χ1) is 10.6. The molecule has 5 heteroatoms. The predicted octanol–water partition coefficient (Wildman–Crippen LogP) is 1.59. The van der Waals surface area contributed by atoms with E-state index in [0.717, 1.165) is 32.1 Å². The van der Waals surface area contributed by atoms with Gasteiger partial charge in [-0.3, -0.25) is 9.89 Å². The van der Waals surface area contributed by atoms with Crippen molar-refractivity contribution in [2.75, 3.05) is 27.2 Å². The Labute approximate surface area is 133 Å². The minimum atomic E-state index is 0.320. The Balaban J connectivity index is 1.86. The molecule has 1 aliphatic rings. The fourth-order valence-corrected chi connectivity index (χ4v) is 2.90. The molecule has 0 spiro atoms. The molecule has 0 aliphatic carbocycles. The van der Waals surface area contributed by atoms with Crippen LogP contribution in [-0.4, -0.2) is 50.3 Å². The Kier molecular flexibility index (Phi) is 6.21. The monoisotopic (exact) mass is 304 g/mol. The lowest BCUT2D eigenvalue weighted by Gasteiger charge is -2.35. The summed E-state index contributed by atoms with van der Waals surface area (Å²) in [6, 6.07) is 8.78. The highest BCUT2D eigenvalue weighted by Crippen LogP contribution is 2.14. The van der Waals surface area contributed by atoms with Gasteiger partial charge < -0.3 is 15.4 Å². The lowest BCUT2D eigenvalue weighted by molar-refractivity contribution is -0.0704. The highest BCUT2D eigenvalue weighted by molar-refractivity contribution is 5.79. The van der Waals surface area contributed by atoms with E-state index in [1.807, 2.05) is 7.05 Å². The standard InChI is InChI=1S/C17H28N4O/c1-13-10-21(11-14(2)22-13)12-16-7-5-15(6-8-16)9-20-17(18-3)19-4/h5-8,13-14H,9-12H2,1-4H3,(H2,18,19,20). The predicted molar refractivity (Wildman–Crippen MR) is 91.0 cm³/mol. The molecule has 1 aromatic rings. The molecular formula is C17H28N4O. The fraction of sp³-hybridized carbons (Fsp3) is 0.588. The fourth-order valence-electron chi connectivity index (χ4n) is 2.90. The van der Waals surface area contributed by atoms with Crippen LogP contribution in [0.1, 0.15) is 25.0 Å². The summed E-state index contributed by atoms with van der Waals surface area (Å²) in [5.74, 6) is 0.806. The van der Waals surface area contributed by atoms with E-state index in [-0.39, 0.29) is 0 Å². The first-order valence-electron chi connectivity index (χ1n) is 7.94. The summed E-state index contributed by atoms with van der Waals surface area (Å²) in [5.41, 5.74) is 2.60. The highest BCUT2D eigenvalue weighted by Gasteiger charge is 2.21. The van der Waals surface area contributed by atoms with Crippen molar-refractivity contribution in [2.45, 2.75) is 39.1 Å². The molecule has 0 saturated carbocycles. The van der Waals surface area contributed by atoms with E-state index in [1.165, 1.54) is 11.1 Å². The molecule has 1 aromatic carbocycles. The van der Waals surface area contributed by atoms with Gasteiger partial charge in [0.1, 0.15) is 0 Å². The van der Waals surface area contributed by atoms with Gasteiger partial charge >= 0.3 is 0 Å². The summed E-state index contributed by atoms with van der Waals surface area (Å²) in [7, 11) is 3.63. The molecule has 22 heavy (non-hydrogen) atoms. The number of rotatable bonds is 4. The third kappa shape index (κ3) is 5.00. The highest BCUT2D eigenvalue weighted by atomic mass is 16.5. The van der Waals surface area contributed by atoms with Crippen molar-refractivity contribution in [1.29, 1.82) is 0 Å². The van der Waals surface area contributed by atoms with Crippen molar-refractivity contribution >= 4 is 5.96 Å². The Hall–Kier alpha value is -1.59. The maximum atomic E-state index is 5.78. The summed E-state index contributed by atoms with van der Waals surface area (Å²) in [6.07, 6.45) is 0.640. The zero-order chi connectivity index (χ0) is 15.9. The number of morpholine rings is 1. The van der Waals surface area contributed by atoms with Gasteiger partial charge in [-0.15, -0.1) is 0 Å². The quantitative estimate of drug-likeness (QED) is 0.655. The van der Waals surface area contributed by atoms with Crippen LogP contribution < -0.4 is 10.6 Å². The van der Waals surface area contributed by atoms with Crippen LogP contribution in [0, 0.1) is 0 Å². The molecule has 1 fully saturated rings. The van der Waals surface area contributed by atoms with E-state index in [9.17, 15) is 0 Å². The lowest BCUT2D eigenvalue weighted by Crippen LogP contribution is -2.44. The molecule has 2 rings (SSSR count). The molecule has 5 nitrogen and oxygen atoms in total. The summed E-state index contributed by atoms with van der Waals surface area (Å²) in [5, 5.41) is 6.28. The minimum Gasteiger partial charge on any atom is -0.373 e. The molecule has 0 aromatic heterocycles. The molecule has 0 bridgehead atoms. The van der Waals surface area contributed by atoms with Crippen LogP contribution in [0.5, 0.6) is 0 Å². The van der Waals surface area contributed by atoms with E-state index in [0.29, 0.717) is 12.2 Å². The largest absolute Gasteiger partial charge is 0.373 e. The number of guanidine groups is 1. The summed E-state index contributed by atoms with van der Waals surface area (Å²) >= 11 is 0. The van der Waals surface area contributed by atoms with Gasteiger partial charge in [0.2, 0.25) is 0 Å². The Morgan fingerprint density at radius 3 is 2.32 bits per heavy atom. The molecular weight excluding hydrogens is 276 g/mol. The van der Waals surface area contributed by atoms with Crippen LogP contribution in [0.3, 0.4) is 0 Å². The van der Waals surface area contributed by atoms with Crippen molar-refractivity contribution < 1.29 is 4.74 Å². The van der Waals surface area contributed by atoms with Crippen LogP contribution in [0.25, 0.3) is 0 Å². The number of nitrogens with zero attached hydrogens (tertiary/aromatic N) is 2. The van der Waals surface area contributed by atoms with Gasteiger partial charge in [-0.1, -0.05) is 24.3 Å². The number of hydrogen-bond donors (Lipinski definition) is 2. The van der Waals surface area contributed by atoms with E-state index in [1.54, 1.807) is 7.05 Å². The van der Waals surface area contributed by atoms with Crippen LogP contribution in [-0.2, 0) is 17.8 Å². The molecule has 1 aliphatic heterocycles. The van der Waals surface area contributed by atoms with Gasteiger partial charge in [-0.25, -0.2) is 0 Å². The van der Waals surface area contributed by atoms with Gasteiger partial charge in [0.15, 0.2) is 5.96 Å². The van der Waals surface area contributed by atoms with Crippen molar-refractivity contribution in [1.82, 2.24) is 15.5 Å². The molecule has 2 unspecified atom stereocenters. The molecule has 2 atom stereocenters.